The van der Waals surface area contributed by atoms with E-state index in [2.05, 4.69) is 5.43 Å². The van der Waals surface area contributed by atoms with Gasteiger partial charge in [-0.05, 0) is 57.5 Å². The van der Waals surface area contributed by atoms with Gasteiger partial charge in [0.1, 0.15) is 5.75 Å². The Bertz CT molecular complexity index is 597. The lowest BCUT2D eigenvalue weighted by atomic mass is 10.2. The number of nitrogens with zero attached hydrogens (tertiary/aromatic N) is 1. The highest BCUT2D eigenvalue weighted by atomic mass is 16.5. The second-order valence-electron chi connectivity index (χ2n) is 5.00. The van der Waals surface area contributed by atoms with Crippen molar-refractivity contribution in [2.24, 2.45) is 0 Å². The fraction of sp³-hybridized carbons (Fsp3) is 0.312. The number of aryl methyl sites for hydroxylation is 3. The maximum atomic E-state index is 12.1. The van der Waals surface area contributed by atoms with E-state index < -0.39 is 6.10 Å². The summed E-state index contributed by atoms with van der Waals surface area (Å²) < 4.78 is 7.42. The number of carbonyl (C=O) groups excluding carboxylic acids is 1. The standard InChI is InChI=1S/C16H20N2O2/c1-11-6-5-7-15(10-11)20-14(4)16(19)17-18-12(2)8-9-13(18)3/h5-10,14H,1-4H3,(H,17,19)/t14-/m1/s1. The van der Waals surface area contributed by atoms with E-state index >= 15 is 0 Å². The molecule has 1 atom stereocenters. The fourth-order valence-electron chi connectivity index (χ4n) is 1.99. The number of ether oxygens (including phenoxy) is 1. The number of hydrogen-bond donors (Lipinski definition) is 1. The highest BCUT2D eigenvalue weighted by molar-refractivity contribution is 5.88. The van der Waals surface area contributed by atoms with Gasteiger partial charge in [0, 0.05) is 11.4 Å². The van der Waals surface area contributed by atoms with Crippen molar-refractivity contribution in [1.82, 2.24) is 4.68 Å². The minimum absolute atomic E-state index is 0.172. The predicted octanol–water partition coefficient (Wildman–Crippen LogP) is 2.95. The number of hydrogen-bond acceptors (Lipinski definition) is 2. The number of rotatable bonds is 4. The topological polar surface area (TPSA) is 43.3 Å². The third kappa shape index (κ3) is 3.20. The summed E-state index contributed by atoms with van der Waals surface area (Å²) in [5, 5.41) is 0. The largest absolute Gasteiger partial charge is 0.481 e. The number of aromatic nitrogens is 1. The quantitative estimate of drug-likeness (QED) is 0.930. The highest BCUT2D eigenvalue weighted by Gasteiger charge is 2.16. The first kappa shape index (κ1) is 14.2. The van der Waals surface area contributed by atoms with E-state index in [0.717, 1.165) is 17.0 Å². The van der Waals surface area contributed by atoms with Crippen LogP contribution in [0.15, 0.2) is 36.4 Å². The Morgan fingerprint density at radius 3 is 2.40 bits per heavy atom. The van der Waals surface area contributed by atoms with Crippen molar-refractivity contribution in [1.29, 1.82) is 0 Å². The van der Waals surface area contributed by atoms with Gasteiger partial charge in [0.25, 0.3) is 5.91 Å². The summed E-state index contributed by atoms with van der Waals surface area (Å²) in [4.78, 5) is 12.1. The molecule has 2 aromatic rings. The molecular formula is C16H20N2O2. The van der Waals surface area contributed by atoms with Crippen molar-refractivity contribution in [2.75, 3.05) is 5.43 Å². The van der Waals surface area contributed by atoms with Gasteiger partial charge >= 0.3 is 0 Å². The molecule has 0 saturated heterocycles. The fourth-order valence-corrected chi connectivity index (χ4v) is 1.99. The molecule has 0 radical (unpaired) electrons. The maximum Gasteiger partial charge on any atom is 0.279 e. The zero-order chi connectivity index (χ0) is 14.7. The Labute approximate surface area is 119 Å². The molecule has 106 valence electrons. The van der Waals surface area contributed by atoms with E-state index in [4.69, 9.17) is 4.74 Å². The first-order valence-electron chi connectivity index (χ1n) is 6.66. The molecule has 4 nitrogen and oxygen atoms in total. The molecule has 0 aliphatic rings. The molecule has 1 N–H and O–H groups in total. The summed E-state index contributed by atoms with van der Waals surface area (Å²) in [6, 6.07) is 11.6. The van der Waals surface area contributed by atoms with Crippen molar-refractivity contribution < 1.29 is 9.53 Å². The van der Waals surface area contributed by atoms with E-state index in [1.54, 1.807) is 11.6 Å². The van der Waals surface area contributed by atoms with E-state index in [-0.39, 0.29) is 5.91 Å². The highest BCUT2D eigenvalue weighted by Crippen LogP contribution is 2.14. The lowest BCUT2D eigenvalue weighted by Crippen LogP contribution is -2.35. The van der Waals surface area contributed by atoms with E-state index in [0.29, 0.717) is 5.75 Å². The Balaban J connectivity index is 2.02. The number of carbonyl (C=O) groups is 1. The normalized spacial score (nSPS) is 12.0. The van der Waals surface area contributed by atoms with Crippen LogP contribution in [-0.2, 0) is 4.79 Å². The predicted molar refractivity (Wildman–Crippen MR) is 79.5 cm³/mol. The van der Waals surface area contributed by atoms with Crippen molar-refractivity contribution >= 4 is 5.91 Å². The average Bonchev–Trinajstić information content (AvgIpc) is 2.70. The first-order chi connectivity index (χ1) is 9.47. The molecule has 0 unspecified atom stereocenters. The summed E-state index contributed by atoms with van der Waals surface area (Å²) in [5.74, 6) is 0.530. The van der Waals surface area contributed by atoms with Crippen LogP contribution in [0.25, 0.3) is 0 Å². The van der Waals surface area contributed by atoms with Crippen LogP contribution in [0.4, 0.5) is 0 Å². The van der Waals surface area contributed by atoms with Crippen LogP contribution < -0.4 is 10.2 Å². The smallest absolute Gasteiger partial charge is 0.279 e. The van der Waals surface area contributed by atoms with Gasteiger partial charge in [-0.1, -0.05) is 12.1 Å². The molecule has 0 saturated carbocycles. The van der Waals surface area contributed by atoms with Crippen molar-refractivity contribution in [3.05, 3.63) is 53.3 Å². The molecule has 1 aromatic heterocycles. The molecule has 1 aromatic carbocycles. The van der Waals surface area contributed by atoms with Gasteiger partial charge in [0.05, 0.1) is 0 Å². The van der Waals surface area contributed by atoms with Crippen LogP contribution >= 0.6 is 0 Å². The molecule has 4 heteroatoms. The third-order valence-electron chi connectivity index (χ3n) is 3.16. The van der Waals surface area contributed by atoms with Gasteiger partial charge in [0.2, 0.25) is 0 Å². The summed E-state index contributed by atoms with van der Waals surface area (Å²) >= 11 is 0. The zero-order valence-electron chi connectivity index (χ0n) is 12.3. The van der Waals surface area contributed by atoms with Crippen LogP contribution in [-0.4, -0.2) is 16.7 Å². The van der Waals surface area contributed by atoms with Gasteiger partial charge < -0.3 is 4.74 Å². The van der Waals surface area contributed by atoms with Crippen molar-refractivity contribution in [3.63, 3.8) is 0 Å². The van der Waals surface area contributed by atoms with Crippen LogP contribution in [0.5, 0.6) is 5.75 Å². The Hall–Kier alpha value is -2.23. The number of nitrogens with one attached hydrogen (secondary N) is 1. The molecule has 1 amide bonds. The summed E-state index contributed by atoms with van der Waals surface area (Å²) in [6.07, 6.45) is -0.557. The Kier molecular flexibility index (Phi) is 4.13. The van der Waals surface area contributed by atoms with Crippen molar-refractivity contribution in [2.45, 2.75) is 33.8 Å². The summed E-state index contributed by atoms with van der Waals surface area (Å²) in [5.41, 5.74) is 5.92. The average molecular weight is 272 g/mol. The molecule has 0 aliphatic carbocycles. The van der Waals surface area contributed by atoms with Gasteiger partial charge in [-0.2, -0.15) is 0 Å². The third-order valence-corrected chi connectivity index (χ3v) is 3.16. The summed E-state index contributed by atoms with van der Waals surface area (Å²) in [6.45, 7) is 7.62. The van der Waals surface area contributed by atoms with Gasteiger partial charge in [-0.3, -0.25) is 14.9 Å². The second-order valence-corrected chi connectivity index (χ2v) is 5.00. The van der Waals surface area contributed by atoms with E-state index in [1.807, 2.05) is 57.2 Å². The van der Waals surface area contributed by atoms with Crippen molar-refractivity contribution in [3.8, 4) is 5.75 Å². The minimum atomic E-state index is -0.557. The van der Waals surface area contributed by atoms with Gasteiger partial charge in [0.15, 0.2) is 6.10 Å². The SMILES string of the molecule is Cc1cccc(O[C@H](C)C(=O)Nn2c(C)ccc2C)c1. The monoisotopic (exact) mass is 272 g/mol. The molecule has 1 heterocycles. The number of benzene rings is 1. The first-order valence-corrected chi connectivity index (χ1v) is 6.66. The Morgan fingerprint density at radius 1 is 1.15 bits per heavy atom. The molecule has 20 heavy (non-hydrogen) atoms. The molecule has 2 rings (SSSR count). The lowest BCUT2D eigenvalue weighted by molar-refractivity contribution is -0.123. The molecule has 0 spiro atoms. The zero-order valence-corrected chi connectivity index (χ0v) is 12.3. The van der Waals surface area contributed by atoms with Crippen LogP contribution in [0.1, 0.15) is 23.9 Å². The molecule has 0 bridgehead atoms. The maximum absolute atomic E-state index is 12.1. The van der Waals surface area contributed by atoms with Crippen LogP contribution in [0, 0.1) is 20.8 Å². The summed E-state index contributed by atoms with van der Waals surface area (Å²) in [7, 11) is 0. The second kappa shape index (κ2) is 5.82. The van der Waals surface area contributed by atoms with Crippen LogP contribution in [0.2, 0.25) is 0 Å². The molecular weight excluding hydrogens is 252 g/mol. The van der Waals surface area contributed by atoms with Gasteiger partial charge in [-0.25, -0.2) is 0 Å². The minimum Gasteiger partial charge on any atom is -0.481 e. The number of amides is 1. The lowest BCUT2D eigenvalue weighted by Gasteiger charge is -2.17. The van der Waals surface area contributed by atoms with E-state index in [1.165, 1.54) is 0 Å². The Morgan fingerprint density at radius 2 is 1.80 bits per heavy atom. The molecule has 0 fully saturated rings. The van der Waals surface area contributed by atoms with Crippen LogP contribution in [0.3, 0.4) is 0 Å². The van der Waals surface area contributed by atoms with Gasteiger partial charge in [-0.15, -0.1) is 0 Å². The molecule has 0 aliphatic heterocycles. The van der Waals surface area contributed by atoms with E-state index in [9.17, 15) is 4.79 Å².